The number of terminal acetylenes is 1. The molecule has 2 aliphatic heterocycles. The van der Waals surface area contributed by atoms with Crippen molar-refractivity contribution in [2.45, 2.75) is 212 Å². The van der Waals surface area contributed by atoms with Crippen molar-refractivity contribution >= 4 is 23.4 Å². The topological polar surface area (TPSA) is 188 Å². The summed E-state index contributed by atoms with van der Waals surface area (Å²) < 4.78 is 36.2. The van der Waals surface area contributed by atoms with Gasteiger partial charge in [-0.3, -0.25) is 14.4 Å². The Hall–Kier alpha value is -3.52. The third-order valence-electron chi connectivity index (χ3n) is 15.5. The minimum absolute atomic E-state index is 0.0427. The van der Waals surface area contributed by atoms with E-state index in [1.807, 2.05) is 59.8 Å². The first kappa shape index (κ1) is 62.8. The van der Waals surface area contributed by atoms with Gasteiger partial charge in [0, 0.05) is 71.5 Å². The fraction of sp³-hybridized carbons (Fsp3) is 0.759. The molecule has 0 aromatic rings. The fourth-order valence-corrected chi connectivity index (χ4v) is 11.0. The molecule has 0 aromatic heterocycles. The molecule has 1 aliphatic carbocycles. The Morgan fingerprint density at radius 2 is 1.67 bits per heavy atom. The quantitative estimate of drug-likeness (QED) is 0.0156. The molecule has 3 fully saturated rings. The molecule has 14 nitrogen and oxygen atoms in total. The van der Waals surface area contributed by atoms with E-state index in [-0.39, 0.29) is 61.0 Å². The number of aliphatic hydroxyl groups excluding tert-OH is 2. The number of hydrogen-bond acceptors (Lipinski definition) is 13. The van der Waals surface area contributed by atoms with Crippen LogP contribution >= 0.6 is 0 Å². The number of aliphatic hydroxyl groups is 3. The number of carbonyl (C=O) groups excluding carboxylic acids is 4. The van der Waals surface area contributed by atoms with Crippen LogP contribution in [-0.2, 0) is 47.6 Å². The van der Waals surface area contributed by atoms with Gasteiger partial charge >= 0.3 is 5.97 Å². The number of hydrogen-bond donors (Lipinski definition) is 3. The zero-order valence-corrected chi connectivity index (χ0v) is 45.7. The van der Waals surface area contributed by atoms with Crippen molar-refractivity contribution in [3.8, 4) is 12.3 Å². The predicted octanol–water partition coefficient (Wildman–Crippen LogP) is 8.44. The van der Waals surface area contributed by atoms with Crippen LogP contribution in [0.3, 0.4) is 0 Å². The average molecular weight is 1010 g/mol. The molecule has 2 heterocycles. The molecular weight excluding hydrogens is 919 g/mol. The smallest absolute Gasteiger partial charge is 0.329 e. The van der Waals surface area contributed by atoms with Crippen LogP contribution in [0.4, 0.5) is 0 Å². The van der Waals surface area contributed by atoms with Crippen molar-refractivity contribution in [1.82, 2.24) is 4.90 Å². The van der Waals surface area contributed by atoms with E-state index in [4.69, 9.17) is 34.8 Å². The number of allylic oxidation sites excluding steroid dienone is 4. The largest absolute Gasteiger partial charge is 0.460 e. The second kappa shape index (κ2) is 31.4. The summed E-state index contributed by atoms with van der Waals surface area (Å²) in [6.07, 6.45) is 17.6. The summed E-state index contributed by atoms with van der Waals surface area (Å²) in [5.41, 5.74) is 1.61. The van der Waals surface area contributed by atoms with Gasteiger partial charge < -0.3 is 48.6 Å². The Labute approximate surface area is 432 Å². The van der Waals surface area contributed by atoms with Gasteiger partial charge in [0.1, 0.15) is 24.4 Å². The highest BCUT2D eigenvalue weighted by Gasteiger charge is 2.53. The van der Waals surface area contributed by atoms with Gasteiger partial charge in [-0.05, 0) is 127 Å². The average Bonchev–Trinajstić information content (AvgIpc) is 3.35. The van der Waals surface area contributed by atoms with Crippen molar-refractivity contribution in [3.63, 3.8) is 0 Å². The second-order valence-electron chi connectivity index (χ2n) is 21.3. The molecule has 0 spiro atoms. The maximum atomic E-state index is 14.6. The first-order valence-electron chi connectivity index (χ1n) is 26.8. The summed E-state index contributed by atoms with van der Waals surface area (Å²) in [6, 6.07) is -1.11. The van der Waals surface area contributed by atoms with E-state index in [2.05, 4.69) is 25.5 Å². The molecule has 0 aromatic carbocycles. The number of carbonyl (C=O) groups is 4. The zero-order valence-electron chi connectivity index (χ0n) is 45.7. The van der Waals surface area contributed by atoms with Crippen molar-refractivity contribution in [1.29, 1.82) is 0 Å². The molecule has 0 bridgehead atoms. The van der Waals surface area contributed by atoms with Gasteiger partial charge in [-0.2, -0.15) is 0 Å². The lowest BCUT2D eigenvalue weighted by atomic mass is 9.78. The van der Waals surface area contributed by atoms with Crippen LogP contribution in [0.1, 0.15) is 152 Å². The lowest BCUT2D eigenvalue weighted by Gasteiger charge is -2.43. The number of amides is 1. The van der Waals surface area contributed by atoms with Gasteiger partial charge in [-0.25, -0.2) is 4.79 Å². The molecule has 16 atom stereocenters. The van der Waals surface area contributed by atoms with Crippen LogP contribution in [0.2, 0.25) is 0 Å². The van der Waals surface area contributed by atoms with E-state index < -0.39 is 77.9 Å². The van der Waals surface area contributed by atoms with Crippen LogP contribution in [0.5, 0.6) is 0 Å². The molecule has 1 amide bonds. The lowest BCUT2D eigenvalue weighted by Crippen LogP contribution is -2.61. The van der Waals surface area contributed by atoms with Gasteiger partial charge in [0.05, 0.1) is 30.5 Å². The summed E-state index contributed by atoms with van der Waals surface area (Å²) >= 11 is 0. The lowest BCUT2D eigenvalue weighted by molar-refractivity contribution is -0.265. The van der Waals surface area contributed by atoms with Gasteiger partial charge in [0.2, 0.25) is 5.79 Å². The fourth-order valence-electron chi connectivity index (χ4n) is 11.0. The Kier molecular flexibility index (Phi) is 27.4. The highest BCUT2D eigenvalue weighted by molar-refractivity contribution is 6.39. The molecule has 2 saturated heterocycles. The number of esters is 1. The third kappa shape index (κ3) is 18.1. The maximum Gasteiger partial charge on any atom is 0.329 e. The number of likely N-dealkylation sites (tertiary alicyclic amines) is 1. The number of methoxy groups -OCH3 is 3. The number of nitrogens with zero attached hydrogens (tertiary/aromatic N) is 1. The van der Waals surface area contributed by atoms with E-state index in [1.54, 1.807) is 27.2 Å². The standard InChI is InChI=1S/C58H93NO13/c1-14-17-18-21-30-70-53(54(69-13)52(62)41(8)31-37(4)22-15-2)42(9)32-39(6)48(61)36-50(40(7)33-44-26-28-47(60)51(34-44)68-12)71-57(65)46-24-19-20-29-59(46)56(64)55(63)58(66)43(10)25-27-45(72-58)35-49(67-11)38(5)23-16-3/h1,15-16,22-23,32,37,39-41,43-51,53-54,60-61,66H,3,17-21,24-31,33-36H2,2,4-13H3/b22-15+,38-23+,42-32+/t37-,39-,40-,41-,43-,44+,45+,46+,47-,48-,49+,50+,51-,53-,54+,58-/m1/s1. The first-order valence-corrected chi connectivity index (χ1v) is 26.8. The summed E-state index contributed by atoms with van der Waals surface area (Å²) in [7, 11) is 4.67. The van der Waals surface area contributed by atoms with E-state index in [9.17, 15) is 34.5 Å². The highest BCUT2D eigenvalue weighted by atomic mass is 16.6. The molecule has 3 rings (SSSR count). The third-order valence-corrected chi connectivity index (χ3v) is 15.5. The monoisotopic (exact) mass is 1010 g/mol. The normalized spacial score (nSPS) is 28.2. The Morgan fingerprint density at radius 3 is 2.31 bits per heavy atom. The molecule has 72 heavy (non-hydrogen) atoms. The van der Waals surface area contributed by atoms with Gasteiger partial charge in [0.25, 0.3) is 11.7 Å². The van der Waals surface area contributed by atoms with Crippen LogP contribution in [0.15, 0.2) is 48.1 Å². The molecular formula is C58H93NO13. The first-order chi connectivity index (χ1) is 34.2. The molecule has 0 unspecified atom stereocenters. The zero-order chi connectivity index (χ0) is 53.7. The number of ketones is 2. The van der Waals surface area contributed by atoms with Crippen molar-refractivity contribution in [2.75, 3.05) is 34.5 Å². The Bertz CT molecular complexity index is 1860. The minimum Gasteiger partial charge on any atom is -0.460 e. The van der Waals surface area contributed by atoms with Crippen LogP contribution in [-0.4, -0.2) is 139 Å². The van der Waals surface area contributed by atoms with Crippen LogP contribution < -0.4 is 0 Å². The number of rotatable bonds is 30. The highest BCUT2D eigenvalue weighted by Crippen LogP contribution is 2.38. The predicted molar refractivity (Wildman–Crippen MR) is 279 cm³/mol. The van der Waals surface area contributed by atoms with E-state index in [0.29, 0.717) is 82.8 Å². The molecule has 1 saturated carbocycles. The molecule has 14 heteroatoms. The summed E-state index contributed by atoms with van der Waals surface area (Å²) in [6.45, 7) is 19.4. The minimum atomic E-state index is -2.41. The Balaban J connectivity index is 1.92. The number of ether oxygens (including phenoxy) is 6. The van der Waals surface area contributed by atoms with Crippen molar-refractivity contribution < 1.29 is 62.9 Å². The van der Waals surface area contributed by atoms with Gasteiger partial charge in [-0.15, -0.1) is 12.3 Å². The maximum absolute atomic E-state index is 14.6. The van der Waals surface area contributed by atoms with Crippen molar-refractivity contribution in [2.24, 2.45) is 35.5 Å². The van der Waals surface area contributed by atoms with Gasteiger partial charge in [-0.1, -0.05) is 71.6 Å². The molecule has 3 aliphatic rings. The molecule has 3 N–H and O–H groups in total. The number of Topliss-reactive ketones (excluding diaryl/α,β-unsaturated/α-hetero) is 2. The van der Waals surface area contributed by atoms with E-state index in [1.165, 1.54) is 12.0 Å². The van der Waals surface area contributed by atoms with E-state index >= 15 is 0 Å². The number of piperidine rings is 1. The number of unbranched alkanes of at least 4 members (excludes halogenated alkanes) is 2. The Morgan fingerprint density at radius 1 is 0.944 bits per heavy atom. The molecule has 408 valence electrons. The summed E-state index contributed by atoms with van der Waals surface area (Å²) in [4.78, 5) is 58.4. The summed E-state index contributed by atoms with van der Waals surface area (Å²) in [5.74, 6) is -4.10. The SMILES string of the molecule is C#CCCCCO[C@H](/C(C)=C/[C@@H](C)[C@H](O)C[C@H](OC(=O)[C@@H]1CCCCN1C(=O)C(=O)[C@]1(O)O[C@H](C[C@H](OC)/C(C)=C/C=C)CC[C@H]1C)[C@H](C)C[C@@H]1CC[C@@H](O)[C@H](OC)C1)[C@@H](OC)C(=O)[C@H](C)C[C@H](C)/C=C/C. The molecule has 0 radical (unpaired) electrons. The van der Waals surface area contributed by atoms with Crippen LogP contribution in [0.25, 0.3) is 0 Å². The summed E-state index contributed by atoms with van der Waals surface area (Å²) in [5, 5.41) is 34.6. The van der Waals surface area contributed by atoms with Crippen LogP contribution in [0, 0.1) is 47.9 Å². The second-order valence-corrected chi connectivity index (χ2v) is 21.3. The van der Waals surface area contributed by atoms with Crippen molar-refractivity contribution in [3.05, 3.63) is 48.1 Å². The van der Waals surface area contributed by atoms with E-state index in [0.717, 1.165) is 18.4 Å². The van der Waals surface area contributed by atoms with Gasteiger partial charge in [0.15, 0.2) is 5.78 Å².